The number of hydrogen-bond donors (Lipinski definition) is 0. The minimum atomic E-state index is -0.252. The highest BCUT2D eigenvalue weighted by Gasteiger charge is 2.26. The summed E-state index contributed by atoms with van der Waals surface area (Å²) in [5.41, 5.74) is 2.52. The van der Waals surface area contributed by atoms with Crippen LogP contribution in [0.4, 0.5) is 4.39 Å². The van der Waals surface area contributed by atoms with Crippen molar-refractivity contribution in [1.29, 1.82) is 0 Å². The number of ether oxygens (including phenoxy) is 1. The zero-order chi connectivity index (χ0) is 15.8. The number of aromatic nitrogens is 4. The molecule has 3 aromatic rings. The van der Waals surface area contributed by atoms with Gasteiger partial charge in [0.15, 0.2) is 11.5 Å². The molecule has 4 rings (SSSR count). The molecule has 0 fully saturated rings. The van der Waals surface area contributed by atoms with E-state index in [-0.39, 0.29) is 11.9 Å². The number of benzene rings is 1. The number of hydrogen-bond acceptors (Lipinski definition) is 5. The van der Waals surface area contributed by atoms with Gasteiger partial charge in [-0.15, -0.1) is 0 Å². The third kappa shape index (κ3) is 2.53. The van der Waals surface area contributed by atoms with Gasteiger partial charge in [-0.05, 0) is 17.7 Å². The number of fused-ring (bicyclic) bond motifs is 1. The summed E-state index contributed by atoms with van der Waals surface area (Å²) in [6.07, 6.45) is 2.33. The number of nitrogens with zero attached hydrogens (tertiary/aromatic N) is 4. The van der Waals surface area contributed by atoms with Crippen molar-refractivity contribution in [3.8, 4) is 11.6 Å². The van der Waals surface area contributed by atoms with E-state index < -0.39 is 0 Å². The van der Waals surface area contributed by atoms with Crippen molar-refractivity contribution in [1.82, 2.24) is 19.7 Å². The lowest BCUT2D eigenvalue weighted by atomic mass is 10.1. The minimum Gasteiger partial charge on any atom is -0.365 e. The van der Waals surface area contributed by atoms with E-state index in [9.17, 15) is 4.39 Å². The first-order valence-corrected chi connectivity index (χ1v) is 7.48. The first-order chi connectivity index (χ1) is 11.2. The lowest BCUT2D eigenvalue weighted by Crippen LogP contribution is -2.20. The Balaban J connectivity index is 1.60. The van der Waals surface area contributed by atoms with Gasteiger partial charge in [0.05, 0.1) is 25.2 Å². The summed E-state index contributed by atoms with van der Waals surface area (Å²) < 4.78 is 26.2. The smallest absolute Gasteiger partial charge is 0.278 e. The zero-order valence-electron chi connectivity index (χ0n) is 12.6. The first-order valence-electron chi connectivity index (χ1n) is 7.48. The van der Waals surface area contributed by atoms with Gasteiger partial charge in [0.1, 0.15) is 11.9 Å². The molecule has 3 heterocycles. The molecule has 1 aromatic carbocycles. The molecule has 6 nitrogen and oxygen atoms in total. The largest absolute Gasteiger partial charge is 0.365 e. The molecule has 0 N–H and O–H groups in total. The summed E-state index contributed by atoms with van der Waals surface area (Å²) in [5, 5.41) is 3.90. The van der Waals surface area contributed by atoms with E-state index in [1.54, 1.807) is 18.5 Å². The monoisotopic (exact) mass is 314 g/mol. The third-order valence-electron chi connectivity index (χ3n) is 3.96. The van der Waals surface area contributed by atoms with Crippen molar-refractivity contribution in [2.75, 3.05) is 0 Å². The second-order valence-corrected chi connectivity index (χ2v) is 5.41. The van der Waals surface area contributed by atoms with Crippen LogP contribution in [-0.4, -0.2) is 19.7 Å². The highest BCUT2D eigenvalue weighted by Crippen LogP contribution is 2.31. The molecular formula is C16H15FN4O2. The Morgan fingerprint density at radius 2 is 2.13 bits per heavy atom. The van der Waals surface area contributed by atoms with E-state index in [4.69, 9.17) is 9.26 Å². The average molecular weight is 314 g/mol. The molecule has 118 valence electrons. The van der Waals surface area contributed by atoms with Crippen LogP contribution >= 0.6 is 0 Å². The SMILES string of the molecule is CCc1noc(-c2ncn3c2CO[C@@H](c2ccc(F)cc2)C3)n1. The van der Waals surface area contributed by atoms with Gasteiger partial charge in [-0.1, -0.05) is 24.2 Å². The Morgan fingerprint density at radius 1 is 1.30 bits per heavy atom. The van der Waals surface area contributed by atoms with Gasteiger partial charge < -0.3 is 13.8 Å². The van der Waals surface area contributed by atoms with Crippen LogP contribution in [0.5, 0.6) is 0 Å². The Labute approximate surface area is 131 Å². The molecule has 0 saturated carbocycles. The molecule has 1 aliphatic heterocycles. The van der Waals surface area contributed by atoms with Crippen molar-refractivity contribution in [2.24, 2.45) is 0 Å². The summed E-state index contributed by atoms with van der Waals surface area (Å²) in [6.45, 7) is 2.97. The van der Waals surface area contributed by atoms with Crippen LogP contribution in [0.3, 0.4) is 0 Å². The van der Waals surface area contributed by atoms with Crippen LogP contribution in [0.2, 0.25) is 0 Å². The van der Waals surface area contributed by atoms with Gasteiger partial charge in [0.2, 0.25) is 0 Å². The van der Waals surface area contributed by atoms with Crippen LogP contribution < -0.4 is 0 Å². The van der Waals surface area contributed by atoms with Crippen molar-refractivity contribution in [3.05, 3.63) is 53.5 Å². The molecule has 1 aliphatic rings. The summed E-state index contributed by atoms with van der Waals surface area (Å²) in [6, 6.07) is 6.37. The molecule has 0 saturated heterocycles. The summed E-state index contributed by atoms with van der Waals surface area (Å²) in [5.74, 6) is 0.820. The highest BCUT2D eigenvalue weighted by molar-refractivity contribution is 5.51. The molecular weight excluding hydrogens is 299 g/mol. The Morgan fingerprint density at radius 3 is 2.87 bits per heavy atom. The predicted octanol–water partition coefficient (Wildman–Crippen LogP) is 2.91. The van der Waals surface area contributed by atoms with E-state index in [0.717, 1.165) is 11.3 Å². The average Bonchev–Trinajstić information content (AvgIpc) is 3.21. The fourth-order valence-corrected chi connectivity index (χ4v) is 2.68. The Bertz CT molecular complexity index is 825. The van der Waals surface area contributed by atoms with Gasteiger partial charge in [-0.25, -0.2) is 9.37 Å². The molecule has 2 aromatic heterocycles. The van der Waals surface area contributed by atoms with Crippen molar-refractivity contribution in [3.63, 3.8) is 0 Å². The normalized spacial score (nSPS) is 17.2. The van der Waals surface area contributed by atoms with Crippen LogP contribution in [0.25, 0.3) is 11.6 Å². The molecule has 0 amide bonds. The first kappa shape index (κ1) is 14.1. The van der Waals surface area contributed by atoms with E-state index in [1.807, 2.05) is 11.5 Å². The molecule has 23 heavy (non-hydrogen) atoms. The molecule has 7 heteroatoms. The minimum absolute atomic E-state index is 0.126. The van der Waals surface area contributed by atoms with Crippen LogP contribution in [-0.2, 0) is 24.3 Å². The molecule has 1 atom stereocenters. The number of halogens is 1. The van der Waals surface area contributed by atoms with Crippen molar-refractivity contribution in [2.45, 2.75) is 32.6 Å². The maximum atomic E-state index is 13.0. The maximum absolute atomic E-state index is 13.0. The van der Waals surface area contributed by atoms with Crippen molar-refractivity contribution >= 4 is 0 Å². The standard InChI is InChI=1S/C16H15FN4O2/c1-2-14-19-16(23-20-14)15-12-8-22-13(7-21(12)9-18-15)10-3-5-11(17)6-4-10/h3-6,9,13H,2,7-8H2,1H3/t13-/m1/s1. The van der Waals surface area contributed by atoms with E-state index in [0.29, 0.717) is 37.0 Å². The summed E-state index contributed by atoms with van der Waals surface area (Å²) >= 11 is 0. The Hall–Kier alpha value is -2.54. The predicted molar refractivity (Wildman–Crippen MR) is 78.8 cm³/mol. The van der Waals surface area contributed by atoms with Gasteiger partial charge in [0, 0.05) is 6.42 Å². The van der Waals surface area contributed by atoms with E-state index >= 15 is 0 Å². The number of aryl methyl sites for hydroxylation is 1. The van der Waals surface area contributed by atoms with Crippen molar-refractivity contribution < 1.29 is 13.7 Å². The quantitative estimate of drug-likeness (QED) is 0.743. The lowest BCUT2D eigenvalue weighted by molar-refractivity contribution is 0.00327. The summed E-state index contributed by atoms with van der Waals surface area (Å²) in [4.78, 5) is 8.70. The van der Waals surface area contributed by atoms with Gasteiger partial charge in [-0.3, -0.25) is 0 Å². The Kier molecular flexibility index (Phi) is 3.42. The fourth-order valence-electron chi connectivity index (χ4n) is 2.68. The van der Waals surface area contributed by atoms with Gasteiger partial charge in [-0.2, -0.15) is 4.98 Å². The molecule has 0 radical (unpaired) electrons. The molecule has 0 aliphatic carbocycles. The van der Waals surface area contributed by atoms with E-state index in [1.165, 1.54) is 12.1 Å². The van der Waals surface area contributed by atoms with Gasteiger partial charge in [0.25, 0.3) is 5.89 Å². The highest BCUT2D eigenvalue weighted by atomic mass is 19.1. The fraction of sp³-hybridized carbons (Fsp3) is 0.312. The third-order valence-corrected chi connectivity index (χ3v) is 3.96. The van der Waals surface area contributed by atoms with Crippen LogP contribution in [0.1, 0.15) is 30.1 Å². The molecule has 0 bridgehead atoms. The number of imidazole rings is 1. The van der Waals surface area contributed by atoms with E-state index in [2.05, 4.69) is 15.1 Å². The van der Waals surface area contributed by atoms with Gasteiger partial charge >= 0.3 is 0 Å². The second-order valence-electron chi connectivity index (χ2n) is 5.41. The molecule has 0 spiro atoms. The second kappa shape index (κ2) is 5.58. The molecule has 0 unspecified atom stereocenters. The van der Waals surface area contributed by atoms with Crippen LogP contribution in [0, 0.1) is 5.82 Å². The van der Waals surface area contributed by atoms with Crippen LogP contribution in [0.15, 0.2) is 35.1 Å². The topological polar surface area (TPSA) is 66.0 Å². The maximum Gasteiger partial charge on any atom is 0.278 e. The summed E-state index contributed by atoms with van der Waals surface area (Å²) in [7, 11) is 0. The zero-order valence-corrected chi connectivity index (χ0v) is 12.6. The lowest BCUT2D eigenvalue weighted by Gasteiger charge is -2.25. The number of rotatable bonds is 3.